The van der Waals surface area contributed by atoms with Gasteiger partial charge < -0.3 is 10.2 Å². The third kappa shape index (κ3) is 4.98. The molecule has 0 saturated carbocycles. The normalized spacial score (nSPS) is 21.7. The van der Waals surface area contributed by atoms with Gasteiger partial charge in [0.2, 0.25) is 5.91 Å². The molecule has 2 saturated heterocycles. The first kappa shape index (κ1) is 20.9. The Morgan fingerprint density at radius 3 is 2.66 bits per heavy atom. The van der Waals surface area contributed by atoms with Crippen LogP contribution in [0, 0.1) is 5.92 Å². The SMILES string of the molecule is O=C1NC(=O)N(c2cccc(C(F)(F)F)c2)C(=O)[C@H]1C=NCC[NH+]1CC[NH2+]CC1. The van der Waals surface area contributed by atoms with Crippen LogP contribution in [0.15, 0.2) is 29.3 Å². The maximum absolute atomic E-state index is 12.9. The maximum atomic E-state index is 12.9. The van der Waals surface area contributed by atoms with E-state index in [9.17, 15) is 27.6 Å². The third-order valence-electron chi connectivity index (χ3n) is 4.89. The van der Waals surface area contributed by atoms with Crippen molar-refractivity contribution in [3.8, 4) is 0 Å². The fourth-order valence-corrected chi connectivity index (χ4v) is 3.32. The molecule has 8 nitrogen and oxygen atoms in total. The van der Waals surface area contributed by atoms with Crippen molar-refractivity contribution >= 4 is 29.7 Å². The molecule has 1 aromatic rings. The highest BCUT2D eigenvalue weighted by molar-refractivity contribution is 6.32. The van der Waals surface area contributed by atoms with Crippen LogP contribution in [0.4, 0.5) is 23.7 Å². The van der Waals surface area contributed by atoms with E-state index in [1.54, 1.807) is 0 Å². The molecule has 1 atom stereocenters. The van der Waals surface area contributed by atoms with Gasteiger partial charge in [-0.2, -0.15) is 13.2 Å². The Labute approximate surface area is 164 Å². The molecule has 0 aromatic heterocycles. The van der Waals surface area contributed by atoms with Gasteiger partial charge in [0.05, 0.1) is 24.3 Å². The van der Waals surface area contributed by atoms with Gasteiger partial charge in [-0.05, 0) is 18.2 Å². The quantitative estimate of drug-likeness (QED) is 0.402. The van der Waals surface area contributed by atoms with Gasteiger partial charge in [0.25, 0.3) is 5.91 Å². The third-order valence-corrected chi connectivity index (χ3v) is 4.89. The van der Waals surface area contributed by atoms with Crippen molar-refractivity contribution < 1.29 is 37.8 Å². The molecule has 3 rings (SSSR count). The molecule has 0 unspecified atom stereocenters. The zero-order valence-corrected chi connectivity index (χ0v) is 15.5. The molecule has 0 aliphatic carbocycles. The van der Waals surface area contributed by atoms with Crippen molar-refractivity contribution in [2.45, 2.75) is 6.18 Å². The van der Waals surface area contributed by atoms with Gasteiger partial charge in [-0.3, -0.25) is 19.9 Å². The van der Waals surface area contributed by atoms with Gasteiger partial charge in [-0.25, -0.2) is 9.69 Å². The van der Waals surface area contributed by atoms with E-state index in [4.69, 9.17) is 0 Å². The number of quaternary nitrogens is 2. The van der Waals surface area contributed by atoms with E-state index < -0.39 is 35.5 Å². The van der Waals surface area contributed by atoms with Crippen LogP contribution in [-0.2, 0) is 15.8 Å². The van der Waals surface area contributed by atoms with Gasteiger partial charge in [-0.1, -0.05) is 6.07 Å². The Morgan fingerprint density at radius 2 is 1.97 bits per heavy atom. The standard InChI is InChI=1S/C18H20F3N5O3/c19-18(20,21)12-2-1-3-13(10-12)26-16(28)14(15(27)24-17(26)29)11-23-6-9-25-7-4-22-5-8-25/h1-3,10-11,14,22H,4-9H2,(H,24,27,29)/p+2/t14-/m0/s1. The molecule has 4 amide bonds. The van der Waals surface area contributed by atoms with Crippen LogP contribution in [0.5, 0.6) is 0 Å². The highest BCUT2D eigenvalue weighted by Crippen LogP contribution is 2.32. The molecule has 4 N–H and O–H groups in total. The van der Waals surface area contributed by atoms with Crippen LogP contribution in [0.1, 0.15) is 5.56 Å². The fourth-order valence-electron chi connectivity index (χ4n) is 3.32. The molecule has 29 heavy (non-hydrogen) atoms. The molecule has 2 heterocycles. The predicted molar refractivity (Wildman–Crippen MR) is 96.5 cm³/mol. The van der Waals surface area contributed by atoms with E-state index >= 15 is 0 Å². The lowest BCUT2D eigenvalue weighted by atomic mass is 10.1. The first-order valence-corrected chi connectivity index (χ1v) is 9.28. The van der Waals surface area contributed by atoms with E-state index in [-0.39, 0.29) is 5.69 Å². The number of nitrogens with zero attached hydrogens (tertiary/aromatic N) is 2. The van der Waals surface area contributed by atoms with Crippen LogP contribution >= 0.6 is 0 Å². The Bertz CT molecular complexity index is 821. The fraction of sp³-hybridized carbons (Fsp3) is 0.444. The average Bonchev–Trinajstić information content (AvgIpc) is 2.67. The number of amides is 4. The number of carbonyl (C=O) groups is 3. The molecule has 2 aliphatic rings. The monoisotopic (exact) mass is 413 g/mol. The highest BCUT2D eigenvalue weighted by Gasteiger charge is 2.41. The minimum absolute atomic E-state index is 0.262. The summed E-state index contributed by atoms with van der Waals surface area (Å²) < 4.78 is 38.8. The zero-order valence-electron chi connectivity index (χ0n) is 15.5. The number of alkyl halides is 3. The van der Waals surface area contributed by atoms with Gasteiger partial charge in [-0.15, -0.1) is 0 Å². The second-order valence-electron chi connectivity index (χ2n) is 6.92. The van der Waals surface area contributed by atoms with Gasteiger partial charge in [0.1, 0.15) is 26.2 Å². The number of nitrogens with two attached hydrogens (primary N) is 1. The van der Waals surface area contributed by atoms with E-state index in [1.807, 2.05) is 5.32 Å². The minimum atomic E-state index is -4.63. The van der Waals surface area contributed by atoms with Crippen molar-refractivity contribution in [1.29, 1.82) is 0 Å². The van der Waals surface area contributed by atoms with Crippen LogP contribution in [-0.4, -0.2) is 63.3 Å². The topological polar surface area (TPSA) is 99.9 Å². The average molecular weight is 413 g/mol. The summed E-state index contributed by atoms with van der Waals surface area (Å²) in [5, 5.41) is 4.24. The molecular weight excluding hydrogens is 391 g/mol. The van der Waals surface area contributed by atoms with E-state index in [1.165, 1.54) is 17.2 Å². The summed E-state index contributed by atoms with van der Waals surface area (Å²) in [6, 6.07) is 2.74. The number of aliphatic imine (C=N–C) groups is 1. The van der Waals surface area contributed by atoms with Gasteiger partial charge >= 0.3 is 12.2 Å². The van der Waals surface area contributed by atoms with E-state index in [0.717, 1.165) is 44.9 Å². The number of imide groups is 2. The molecule has 11 heteroatoms. The number of piperazine rings is 1. The lowest BCUT2D eigenvalue weighted by Gasteiger charge is -2.28. The van der Waals surface area contributed by atoms with Crippen molar-refractivity contribution in [2.75, 3.05) is 44.2 Å². The summed E-state index contributed by atoms with van der Waals surface area (Å²) in [4.78, 5) is 42.9. The lowest BCUT2D eigenvalue weighted by Crippen LogP contribution is -3.20. The molecule has 0 bridgehead atoms. The number of hydrogen-bond donors (Lipinski definition) is 3. The molecule has 0 radical (unpaired) electrons. The summed E-state index contributed by atoms with van der Waals surface area (Å²) in [7, 11) is 0. The number of halogens is 3. The summed E-state index contributed by atoms with van der Waals surface area (Å²) in [5.74, 6) is -3.14. The molecule has 2 fully saturated rings. The number of nitrogens with one attached hydrogen (secondary N) is 2. The Kier molecular flexibility index (Phi) is 6.28. The molecule has 2 aliphatic heterocycles. The molecule has 156 valence electrons. The number of urea groups is 1. The van der Waals surface area contributed by atoms with Gasteiger partial charge in [0.15, 0.2) is 5.92 Å². The Morgan fingerprint density at radius 1 is 1.24 bits per heavy atom. The van der Waals surface area contributed by atoms with Crippen LogP contribution in [0.3, 0.4) is 0 Å². The summed E-state index contributed by atoms with van der Waals surface area (Å²) >= 11 is 0. The number of barbiturate groups is 1. The summed E-state index contributed by atoms with van der Waals surface area (Å²) in [5.41, 5.74) is -1.26. The van der Waals surface area contributed by atoms with E-state index in [0.29, 0.717) is 17.5 Å². The largest absolute Gasteiger partial charge is 0.416 e. The number of hydrogen-bond acceptors (Lipinski definition) is 4. The molecule has 0 spiro atoms. The zero-order chi connectivity index (χ0) is 21.0. The van der Waals surface area contributed by atoms with Crippen LogP contribution in [0.25, 0.3) is 0 Å². The number of rotatable bonds is 5. The first-order valence-electron chi connectivity index (χ1n) is 9.28. The highest BCUT2D eigenvalue weighted by atomic mass is 19.4. The number of benzene rings is 1. The molecular formula is C18H22F3N5O3+2. The van der Waals surface area contributed by atoms with Crippen molar-refractivity contribution in [1.82, 2.24) is 5.32 Å². The number of carbonyl (C=O) groups excluding carboxylic acids is 3. The van der Waals surface area contributed by atoms with Crippen molar-refractivity contribution in [3.05, 3.63) is 29.8 Å². The van der Waals surface area contributed by atoms with Crippen LogP contribution in [0.2, 0.25) is 0 Å². The Balaban J connectivity index is 1.71. The minimum Gasteiger partial charge on any atom is -0.337 e. The predicted octanol–water partition coefficient (Wildman–Crippen LogP) is -1.56. The summed E-state index contributed by atoms with van der Waals surface area (Å²) in [6.07, 6.45) is -3.46. The van der Waals surface area contributed by atoms with Crippen molar-refractivity contribution in [2.24, 2.45) is 10.9 Å². The van der Waals surface area contributed by atoms with Crippen LogP contribution < -0.4 is 20.4 Å². The first-order chi connectivity index (χ1) is 13.8. The maximum Gasteiger partial charge on any atom is 0.416 e. The Hall–Kier alpha value is -2.79. The van der Waals surface area contributed by atoms with Crippen molar-refractivity contribution in [3.63, 3.8) is 0 Å². The lowest BCUT2D eigenvalue weighted by molar-refractivity contribution is -0.945. The van der Waals surface area contributed by atoms with E-state index in [2.05, 4.69) is 10.3 Å². The summed E-state index contributed by atoms with van der Waals surface area (Å²) in [6.45, 7) is 5.26. The molecule has 1 aromatic carbocycles. The smallest absolute Gasteiger partial charge is 0.337 e. The number of anilines is 1. The van der Waals surface area contributed by atoms with Gasteiger partial charge in [0, 0.05) is 6.21 Å². The second kappa shape index (κ2) is 8.70. The second-order valence-corrected chi connectivity index (χ2v) is 6.92.